The van der Waals surface area contributed by atoms with E-state index in [1.165, 1.54) is 22.0 Å². The fourth-order valence-electron chi connectivity index (χ4n) is 6.11. The van der Waals surface area contributed by atoms with E-state index in [-0.39, 0.29) is 0 Å². The fourth-order valence-corrected chi connectivity index (χ4v) is 6.11. The summed E-state index contributed by atoms with van der Waals surface area (Å²) in [6, 6.07) is 60.3. The van der Waals surface area contributed by atoms with Gasteiger partial charge in [-0.1, -0.05) is 84.9 Å². The van der Waals surface area contributed by atoms with Crippen molar-refractivity contribution >= 4 is 45.0 Å². The highest BCUT2D eigenvalue weighted by atomic mass is 15.2. The van der Waals surface area contributed by atoms with E-state index in [1.807, 2.05) is 0 Å². The summed E-state index contributed by atoms with van der Waals surface area (Å²) in [4.78, 5) is 4.72. The number of nitrogens with zero attached hydrogens (tertiary/aromatic N) is 3. The molecule has 6 aromatic carbocycles. The van der Waals surface area contributed by atoms with Gasteiger partial charge in [0.05, 0.1) is 11.3 Å². The van der Waals surface area contributed by atoms with Crippen LogP contribution in [0.5, 0.6) is 0 Å². The highest BCUT2D eigenvalue weighted by Crippen LogP contribution is 2.45. The van der Waals surface area contributed by atoms with Gasteiger partial charge in [-0.15, -0.1) is 0 Å². The Morgan fingerprint density at radius 3 is 1.41 bits per heavy atom. The number of fused-ring (bicyclic) bond motifs is 1. The van der Waals surface area contributed by atoms with Gasteiger partial charge in [-0.25, -0.2) is 0 Å². The number of pyridine rings is 1. The molecule has 0 aliphatic heterocycles. The zero-order valence-corrected chi connectivity index (χ0v) is 25.0. The van der Waals surface area contributed by atoms with Gasteiger partial charge in [0.2, 0.25) is 11.2 Å². The van der Waals surface area contributed by atoms with Crippen molar-refractivity contribution in [3.8, 4) is 11.3 Å². The maximum absolute atomic E-state index is 2.37. The van der Waals surface area contributed by atoms with Crippen LogP contribution in [0.3, 0.4) is 0 Å². The van der Waals surface area contributed by atoms with Crippen LogP contribution < -0.4 is 14.4 Å². The topological polar surface area (TPSA) is 10.4 Å². The molecule has 7 rings (SSSR count). The van der Waals surface area contributed by atoms with Gasteiger partial charge in [0.15, 0.2) is 0 Å². The van der Waals surface area contributed by atoms with Crippen molar-refractivity contribution in [2.45, 2.75) is 6.92 Å². The third kappa shape index (κ3) is 5.10. The molecule has 7 aromatic rings. The monoisotopic (exact) mass is 568 g/mol. The summed E-state index contributed by atoms with van der Waals surface area (Å²) in [7, 11) is 2.17. The molecule has 3 nitrogen and oxygen atoms in total. The van der Waals surface area contributed by atoms with E-state index in [2.05, 4.69) is 198 Å². The first-order valence-electron chi connectivity index (χ1n) is 15.0. The number of hydrogen-bond acceptors (Lipinski definition) is 2. The van der Waals surface area contributed by atoms with Crippen molar-refractivity contribution in [3.63, 3.8) is 0 Å². The summed E-state index contributed by atoms with van der Waals surface area (Å²) in [5.74, 6) is 0. The maximum atomic E-state index is 2.37. The molecule has 0 fully saturated rings. The molecule has 0 aliphatic carbocycles. The molecule has 0 saturated carbocycles. The normalized spacial score (nSPS) is 11.0. The number of aryl methyl sites for hydroxylation is 1. The van der Waals surface area contributed by atoms with Gasteiger partial charge in [-0.2, -0.15) is 4.57 Å². The molecule has 0 atom stereocenters. The number of anilines is 6. The van der Waals surface area contributed by atoms with Crippen molar-refractivity contribution in [1.29, 1.82) is 0 Å². The summed E-state index contributed by atoms with van der Waals surface area (Å²) in [6.45, 7) is 2.25. The predicted molar refractivity (Wildman–Crippen MR) is 185 cm³/mol. The molecule has 1 heterocycles. The van der Waals surface area contributed by atoms with Crippen molar-refractivity contribution < 1.29 is 4.57 Å². The van der Waals surface area contributed by atoms with Gasteiger partial charge in [-0.05, 0) is 85.3 Å². The summed E-state index contributed by atoms with van der Waals surface area (Å²) in [5, 5.41) is 1.22. The minimum Gasteiger partial charge on any atom is -0.310 e. The Hall–Kier alpha value is -5.67. The number of hydrogen-bond donors (Lipinski definition) is 0. The zero-order chi connectivity index (χ0) is 29.9. The number of rotatable bonds is 7. The summed E-state index contributed by atoms with van der Waals surface area (Å²) >= 11 is 0. The lowest BCUT2D eigenvalue weighted by molar-refractivity contribution is -0.633. The first-order chi connectivity index (χ1) is 21.7. The number of aromatic nitrogens is 1. The Morgan fingerprint density at radius 2 is 0.886 bits per heavy atom. The lowest BCUT2D eigenvalue weighted by Gasteiger charge is -2.31. The molecule has 1 aromatic heterocycles. The molecular weight excluding hydrogens is 534 g/mol. The highest BCUT2D eigenvalue weighted by molar-refractivity contribution is 5.89. The van der Waals surface area contributed by atoms with E-state index < -0.39 is 0 Å². The SMILES string of the molecule is Cc1c(-c2ccc3ccccc3[n+]2C)cc(N(c2ccccc2)c2ccccc2)cc1N(c1ccccc1)c1ccccc1. The van der Waals surface area contributed by atoms with E-state index in [1.54, 1.807) is 0 Å². The Balaban J connectivity index is 1.55. The molecule has 0 amide bonds. The van der Waals surface area contributed by atoms with E-state index in [0.29, 0.717) is 0 Å². The first-order valence-corrected chi connectivity index (χ1v) is 15.0. The average molecular weight is 569 g/mol. The van der Waals surface area contributed by atoms with Crippen LogP contribution in [0.25, 0.3) is 22.2 Å². The van der Waals surface area contributed by atoms with Gasteiger partial charge >= 0.3 is 0 Å². The maximum Gasteiger partial charge on any atom is 0.213 e. The second-order valence-corrected chi connectivity index (χ2v) is 11.0. The predicted octanol–water partition coefficient (Wildman–Crippen LogP) is 10.6. The van der Waals surface area contributed by atoms with Crippen molar-refractivity contribution in [2.24, 2.45) is 7.05 Å². The van der Waals surface area contributed by atoms with Gasteiger partial charge < -0.3 is 9.80 Å². The Morgan fingerprint density at radius 1 is 0.432 bits per heavy atom. The van der Waals surface area contributed by atoms with E-state index in [0.717, 1.165) is 39.8 Å². The standard InChI is InChI=1S/C41H34N3/c1-31-38(40-28-27-32-17-15-16-26-39(32)42(40)2)29-37(43(33-18-7-3-8-19-33)34-20-9-4-10-21-34)30-41(31)44(35-22-11-5-12-23-35)36-24-13-6-14-25-36/h3-30H,1-2H3/q+1. The molecule has 0 bridgehead atoms. The van der Waals surface area contributed by atoms with Gasteiger partial charge in [0.25, 0.3) is 0 Å². The van der Waals surface area contributed by atoms with Crippen LogP contribution in [0.15, 0.2) is 170 Å². The Bertz CT molecular complexity index is 1940. The van der Waals surface area contributed by atoms with Crippen molar-refractivity contribution in [1.82, 2.24) is 0 Å². The van der Waals surface area contributed by atoms with E-state index in [4.69, 9.17) is 0 Å². The second-order valence-electron chi connectivity index (χ2n) is 11.0. The summed E-state index contributed by atoms with van der Waals surface area (Å²) in [6.07, 6.45) is 0. The van der Waals surface area contributed by atoms with Crippen LogP contribution in [0, 0.1) is 6.92 Å². The molecule has 0 saturated heterocycles. The third-order valence-corrected chi connectivity index (χ3v) is 8.28. The third-order valence-electron chi connectivity index (χ3n) is 8.28. The van der Waals surface area contributed by atoms with Crippen LogP contribution in [0.1, 0.15) is 5.56 Å². The highest BCUT2D eigenvalue weighted by Gasteiger charge is 2.25. The van der Waals surface area contributed by atoms with Crippen LogP contribution in [0.2, 0.25) is 0 Å². The average Bonchev–Trinajstić information content (AvgIpc) is 3.09. The van der Waals surface area contributed by atoms with Gasteiger partial charge in [0, 0.05) is 46.0 Å². The molecule has 0 radical (unpaired) electrons. The lowest BCUT2D eigenvalue weighted by Crippen LogP contribution is -2.32. The van der Waals surface area contributed by atoms with E-state index in [9.17, 15) is 0 Å². The lowest BCUT2D eigenvalue weighted by atomic mass is 9.98. The molecule has 212 valence electrons. The molecule has 0 aliphatic rings. The largest absolute Gasteiger partial charge is 0.310 e. The molecule has 44 heavy (non-hydrogen) atoms. The molecule has 0 unspecified atom stereocenters. The van der Waals surface area contributed by atoms with Crippen LogP contribution in [-0.4, -0.2) is 0 Å². The van der Waals surface area contributed by atoms with Gasteiger partial charge in [-0.3, -0.25) is 0 Å². The Labute approximate surface area is 259 Å². The molecule has 0 N–H and O–H groups in total. The molecule has 3 heteroatoms. The number of benzene rings is 6. The molecular formula is C41H34N3+. The summed E-state index contributed by atoms with van der Waals surface area (Å²) < 4.78 is 2.32. The van der Waals surface area contributed by atoms with Crippen molar-refractivity contribution in [3.05, 3.63) is 175 Å². The fraction of sp³-hybridized carbons (Fsp3) is 0.0488. The van der Waals surface area contributed by atoms with Gasteiger partial charge in [0.1, 0.15) is 7.05 Å². The van der Waals surface area contributed by atoms with Crippen LogP contribution in [-0.2, 0) is 7.05 Å². The first kappa shape index (κ1) is 27.2. The van der Waals surface area contributed by atoms with E-state index >= 15 is 0 Å². The Kier molecular flexibility index (Phi) is 7.35. The quantitative estimate of drug-likeness (QED) is 0.177. The summed E-state index contributed by atoms with van der Waals surface area (Å²) in [5.41, 5.74) is 11.4. The smallest absolute Gasteiger partial charge is 0.213 e. The second kappa shape index (κ2) is 11.9. The minimum atomic E-state index is 1.09. The van der Waals surface area contributed by atoms with Crippen LogP contribution in [0.4, 0.5) is 34.1 Å². The van der Waals surface area contributed by atoms with Crippen LogP contribution >= 0.6 is 0 Å². The molecule has 0 spiro atoms. The van der Waals surface area contributed by atoms with Crippen molar-refractivity contribution in [2.75, 3.05) is 9.80 Å². The zero-order valence-electron chi connectivity index (χ0n) is 25.0. The number of para-hydroxylation sites is 5. The minimum absolute atomic E-state index is 1.09.